The lowest BCUT2D eigenvalue weighted by molar-refractivity contribution is 0.338. The molecule has 1 aromatic rings. The van der Waals surface area contributed by atoms with E-state index < -0.39 is 9.84 Å². The van der Waals surface area contributed by atoms with Crippen molar-refractivity contribution in [2.75, 3.05) is 12.4 Å². The van der Waals surface area contributed by atoms with E-state index in [1.54, 1.807) is 32.0 Å². The average molecular weight is 356 g/mol. The normalized spacial score (nSPS) is 11.8. The fourth-order valence-electron chi connectivity index (χ4n) is 1.31. The van der Waals surface area contributed by atoms with E-state index in [2.05, 4.69) is 15.9 Å². The molecule has 1 aromatic carbocycles. The lowest BCUT2D eigenvalue weighted by Crippen LogP contribution is -2.22. The summed E-state index contributed by atoms with van der Waals surface area (Å²) in [5.41, 5.74) is 0.834. The van der Waals surface area contributed by atoms with Gasteiger partial charge in [-0.05, 0) is 26.0 Å². The fraction of sp³-hybridized carbons (Fsp3) is 0.500. The molecule has 0 radical (unpaired) electrons. The second-order valence-electron chi connectivity index (χ2n) is 4.11. The van der Waals surface area contributed by atoms with Crippen LogP contribution in [0.15, 0.2) is 18.2 Å². The number of rotatable bonds is 6. The summed E-state index contributed by atoms with van der Waals surface area (Å²) < 4.78 is 28.8. The minimum absolute atomic E-state index is 0.0128. The summed E-state index contributed by atoms with van der Waals surface area (Å²) in [7, 11) is -3.07. The Morgan fingerprint density at radius 3 is 2.61 bits per heavy atom. The Labute approximate surface area is 122 Å². The van der Waals surface area contributed by atoms with Gasteiger partial charge in [0.1, 0.15) is 12.4 Å². The number of ether oxygens (including phenoxy) is 1. The Bertz CT molecular complexity index is 500. The molecule has 3 nitrogen and oxygen atoms in total. The van der Waals surface area contributed by atoms with Gasteiger partial charge in [-0.2, -0.15) is 0 Å². The molecule has 0 heterocycles. The standard InChI is InChI=1S/C12H16BrClO3S/c1-9(2)18(15,16)7-6-17-12-5-3-4-11(14)10(12)8-13/h3-5,9H,6-8H2,1-2H3. The minimum atomic E-state index is -3.07. The average Bonchev–Trinajstić information content (AvgIpc) is 2.29. The maximum absolute atomic E-state index is 11.6. The highest BCUT2D eigenvalue weighted by molar-refractivity contribution is 9.08. The van der Waals surface area contributed by atoms with Gasteiger partial charge in [0.2, 0.25) is 0 Å². The summed E-state index contributed by atoms with van der Waals surface area (Å²) in [5.74, 6) is 0.636. The Hall–Kier alpha value is -0.260. The molecule has 0 aromatic heterocycles. The van der Waals surface area contributed by atoms with Gasteiger partial charge in [-0.25, -0.2) is 8.42 Å². The summed E-state index contributed by atoms with van der Waals surface area (Å²) in [6, 6.07) is 5.33. The monoisotopic (exact) mass is 354 g/mol. The van der Waals surface area contributed by atoms with Crippen molar-refractivity contribution in [1.82, 2.24) is 0 Å². The number of hydrogen-bond acceptors (Lipinski definition) is 3. The topological polar surface area (TPSA) is 43.4 Å². The van der Waals surface area contributed by atoms with E-state index in [4.69, 9.17) is 16.3 Å². The quantitative estimate of drug-likeness (QED) is 0.734. The van der Waals surface area contributed by atoms with Crippen LogP contribution < -0.4 is 4.74 Å². The number of hydrogen-bond donors (Lipinski definition) is 0. The van der Waals surface area contributed by atoms with E-state index in [1.165, 1.54) is 0 Å². The van der Waals surface area contributed by atoms with Crippen LogP contribution in [0.1, 0.15) is 19.4 Å². The van der Waals surface area contributed by atoms with E-state index in [9.17, 15) is 8.42 Å². The van der Waals surface area contributed by atoms with Gasteiger partial charge in [-0.3, -0.25) is 0 Å². The maximum atomic E-state index is 11.6. The second-order valence-corrected chi connectivity index (χ2v) is 7.76. The van der Waals surface area contributed by atoms with Crippen LogP contribution in [-0.4, -0.2) is 26.0 Å². The van der Waals surface area contributed by atoms with Crippen LogP contribution in [0, 0.1) is 0 Å². The van der Waals surface area contributed by atoms with Crippen LogP contribution in [0.25, 0.3) is 0 Å². The molecule has 6 heteroatoms. The zero-order valence-corrected chi connectivity index (χ0v) is 13.5. The summed E-state index contributed by atoms with van der Waals surface area (Å²) in [4.78, 5) is 0. The van der Waals surface area contributed by atoms with Gasteiger partial charge in [0.05, 0.1) is 11.0 Å². The van der Waals surface area contributed by atoms with Crippen LogP contribution in [-0.2, 0) is 15.2 Å². The summed E-state index contributed by atoms with van der Waals surface area (Å²) >= 11 is 9.35. The van der Waals surface area contributed by atoms with Gasteiger partial charge in [0, 0.05) is 15.9 Å². The predicted molar refractivity (Wildman–Crippen MR) is 78.5 cm³/mol. The molecule has 102 valence electrons. The van der Waals surface area contributed by atoms with Crippen molar-refractivity contribution in [3.63, 3.8) is 0 Å². The van der Waals surface area contributed by atoms with Crippen molar-refractivity contribution >= 4 is 37.4 Å². The second kappa shape index (κ2) is 6.78. The number of sulfone groups is 1. The number of alkyl halides is 1. The molecule has 0 saturated heterocycles. The van der Waals surface area contributed by atoms with Gasteiger partial charge >= 0.3 is 0 Å². The summed E-state index contributed by atoms with van der Waals surface area (Å²) in [5, 5.41) is 0.797. The van der Waals surface area contributed by atoms with Gasteiger partial charge in [0.25, 0.3) is 0 Å². The van der Waals surface area contributed by atoms with Crippen molar-refractivity contribution in [3.8, 4) is 5.75 Å². The van der Waals surface area contributed by atoms with Gasteiger partial charge in [-0.15, -0.1) is 0 Å². The SMILES string of the molecule is CC(C)S(=O)(=O)CCOc1cccc(Cl)c1CBr. The van der Waals surface area contributed by atoms with Crippen LogP contribution in [0.4, 0.5) is 0 Å². The molecule has 0 N–H and O–H groups in total. The lowest BCUT2D eigenvalue weighted by Gasteiger charge is -2.12. The van der Waals surface area contributed by atoms with Crippen molar-refractivity contribution in [2.45, 2.75) is 24.4 Å². The molecular weight excluding hydrogens is 340 g/mol. The van der Waals surface area contributed by atoms with E-state index >= 15 is 0 Å². The first-order chi connectivity index (χ1) is 8.38. The molecule has 0 bridgehead atoms. The minimum Gasteiger partial charge on any atom is -0.492 e. The lowest BCUT2D eigenvalue weighted by atomic mass is 10.2. The highest BCUT2D eigenvalue weighted by Gasteiger charge is 2.16. The molecule has 0 spiro atoms. The third kappa shape index (κ3) is 4.14. The first-order valence-corrected chi connectivity index (χ1v) is 8.77. The Morgan fingerprint density at radius 2 is 2.06 bits per heavy atom. The molecule has 0 fully saturated rings. The summed E-state index contributed by atoms with van der Waals surface area (Å²) in [6.07, 6.45) is 0. The molecule has 0 unspecified atom stereocenters. The van der Waals surface area contributed by atoms with Crippen LogP contribution in [0.3, 0.4) is 0 Å². The molecule has 0 aliphatic heterocycles. The number of halogens is 2. The van der Waals surface area contributed by atoms with Crippen LogP contribution >= 0.6 is 27.5 Å². The third-order valence-corrected chi connectivity index (χ3v) is 5.64. The Morgan fingerprint density at radius 1 is 1.39 bits per heavy atom. The molecule has 18 heavy (non-hydrogen) atoms. The maximum Gasteiger partial charge on any atom is 0.155 e. The van der Waals surface area contributed by atoms with Crippen molar-refractivity contribution in [3.05, 3.63) is 28.8 Å². The fourth-order valence-corrected chi connectivity index (χ4v) is 3.07. The molecule has 0 amide bonds. The van der Waals surface area contributed by atoms with Crippen molar-refractivity contribution in [2.24, 2.45) is 0 Å². The van der Waals surface area contributed by atoms with Crippen molar-refractivity contribution in [1.29, 1.82) is 0 Å². The van der Waals surface area contributed by atoms with E-state index in [0.29, 0.717) is 16.1 Å². The van der Waals surface area contributed by atoms with Gasteiger partial charge in [0.15, 0.2) is 9.84 Å². The highest BCUT2D eigenvalue weighted by atomic mass is 79.9. The third-order valence-electron chi connectivity index (χ3n) is 2.55. The first kappa shape index (κ1) is 15.8. The Balaban J connectivity index is 2.68. The van der Waals surface area contributed by atoms with Gasteiger partial charge in [-0.1, -0.05) is 33.6 Å². The van der Waals surface area contributed by atoms with E-state index in [-0.39, 0.29) is 17.6 Å². The van der Waals surface area contributed by atoms with Gasteiger partial charge < -0.3 is 4.74 Å². The van der Waals surface area contributed by atoms with E-state index in [1.807, 2.05) is 0 Å². The number of benzene rings is 1. The predicted octanol–water partition coefficient (Wildman–Crippen LogP) is 3.44. The Kier molecular flexibility index (Phi) is 5.95. The molecule has 0 aliphatic carbocycles. The zero-order valence-electron chi connectivity index (χ0n) is 10.3. The van der Waals surface area contributed by atoms with Crippen LogP contribution in [0.5, 0.6) is 5.75 Å². The first-order valence-electron chi connectivity index (χ1n) is 5.56. The molecule has 0 aliphatic rings. The molecule has 0 atom stereocenters. The van der Waals surface area contributed by atoms with Crippen molar-refractivity contribution < 1.29 is 13.2 Å². The molecular formula is C12H16BrClO3S. The molecule has 0 saturated carbocycles. The highest BCUT2D eigenvalue weighted by Crippen LogP contribution is 2.28. The molecule has 1 rings (SSSR count). The largest absolute Gasteiger partial charge is 0.492 e. The van der Waals surface area contributed by atoms with Crippen LogP contribution in [0.2, 0.25) is 5.02 Å². The summed E-state index contributed by atoms with van der Waals surface area (Å²) in [6.45, 7) is 3.47. The van der Waals surface area contributed by atoms with E-state index in [0.717, 1.165) is 5.56 Å². The smallest absolute Gasteiger partial charge is 0.155 e. The zero-order chi connectivity index (χ0) is 13.8.